The number of hydrogen-bond donors (Lipinski definition) is 5. The number of carboxylic acid groups (broad SMARTS) is 1. The second-order valence-electron chi connectivity index (χ2n) is 15.0. The smallest absolute Gasteiger partial charge is 0.408 e. The molecule has 0 spiro atoms. The Morgan fingerprint density at radius 3 is 1.23 bits per heavy atom. The average molecular weight is 615 g/mol. The van der Waals surface area contributed by atoms with E-state index in [4.69, 9.17) is 20.3 Å². The topological polar surface area (TPSA) is 203 Å². The highest BCUT2D eigenvalue weighted by Crippen LogP contribution is 2.36. The van der Waals surface area contributed by atoms with E-state index in [2.05, 4.69) is 16.0 Å². The molecule has 0 aromatic carbocycles. The van der Waals surface area contributed by atoms with Gasteiger partial charge in [0.1, 0.15) is 22.3 Å². The average Bonchev–Trinajstić information content (AvgIpc) is 3.71. The van der Waals surface area contributed by atoms with E-state index in [9.17, 15) is 28.8 Å². The molecule has 0 atom stereocenters. The minimum atomic E-state index is -1.07. The van der Waals surface area contributed by atoms with E-state index in [1.54, 1.807) is 62.3 Å². The lowest BCUT2D eigenvalue weighted by Crippen LogP contribution is -2.51. The van der Waals surface area contributed by atoms with E-state index in [0.29, 0.717) is 25.7 Å². The molecule has 0 unspecified atom stereocenters. The fourth-order valence-corrected chi connectivity index (χ4v) is 2.95. The molecule has 2 fully saturated rings. The Labute approximate surface area is 255 Å². The molecule has 13 nitrogen and oxygen atoms in total. The molecule has 0 saturated heterocycles. The van der Waals surface area contributed by atoms with E-state index < -0.39 is 45.9 Å². The van der Waals surface area contributed by atoms with E-state index in [1.807, 2.05) is 20.8 Å². The van der Waals surface area contributed by atoms with Crippen molar-refractivity contribution < 1.29 is 43.3 Å². The van der Waals surface area contributed by atoms with Gasteiger partial charge in [-0.1, -0.05) is 41.5 Å². The second-order valence-corrected chi connectivity index (χ2v) is 15.0. The fourth-order valence-electron chi connectivity index (χ4n) is 2.95. The SMILES string of the molecule is CC(C)(C)C(=O)CN.CC(C)(C)OC(=O)NC1(C(=O)NCC(=O)C(C)(C)C)CC1.CC(C)(C)OC(=O)NC1(C(=O)O)CC1. The van der Waals surface area contributed by atoms with Crippen molar-refractivity contribution in [2.45, 2.75) is 131 Å². The van der Waals surface area contributed by atoms with E-state index in [1.165, 1.54) is 0 Å². The van der Waals surface area contributed by atoms with Gasteiger partial charge in [-0.05, 0) is 67.2 Å². The first-order chi connectivity index (χ1) is 19.1. The van der Waals surface area contributed by atoms with E-state index in [-0.39, 0.29) is 36.0 Å². The van der Waals surface area contributed by atoms with Crippen LogP contribution >= 0.6 is 0 Å². The molecule has 0 aliphatic heterocycles. The van der Waals surface area contributed by atoms with Crippen LogP contribution in [0.2, 0.25) is 0 Å². The minimum Gasteiger partial charge on any atom is -0.480 e. The largest absolute Gasteiger partial charge is 0.480 e. The summed E-state index contributed by atoms with van der Waals surface area (Å²) >= 11 is 0. The predicted octanol–water partition coefficient (Wildman–Crippen LogP) is 3.46. The van der Waals surface area contributed by atoms with Crippen molar-refractivity contribution in [3.63, 3.8) is 0 Å². The van der Waals surface area contributed by atoms with Crippen molar-refractivity contribution in [3.05, 3.63) is 0 Å². The van der Waals surface area contributed by atoms with Gasteiger partial charge in [0.25, 0.3) is 0 Å². The predicted molar refractivity (Wildman–Crippen MR) is 161 cm³/mol. The fraction of sp³-hybridized carbons (Fsp3) is 0.800. The molecule has 0 aromatic heterocycles. The minimum absolute atomic E-state index is 0.0277. The number of alkyl carbamates (subject to hydrolysis) is 2. The zero-order chi connectivity index (χ0) is 34.2. The first kappa shape index (κ1) is 39.8. The lowest BCUT2D eigenvalue weighted by atomic mass is 9.91. The van der Waals surface area contributed by atoms with Crippen LogP contribution in [-0.4, -0.2) is 76.1 Å². The lowest BCUT2D eigenvalue weighted by molar-refractivity contribution is -0.140. The zero-order valence-corrected chi connectivity index (χ0v) is 28.0. The number of carboxylic acids is 1. The first-order valence-corrected chi connectivity index (χ1v) is 14.4. The molecule has 2 saturated carbocycles. The number of carbonyl (C=O) groups is 6. The maximum atomic E-state index is 12.1. The van der Waals surface area contributed by atoms with Crippen molar-refractivity contribution in [2.24, 2.45) is 16.6 Å². The molecule has 0 heterocycles. The number of aliphatic carboxylic acids is 1. The van der Waals surface area contributed by atoms with Gasteiger partial charge in [-0.2, -0.15) is 0 Å². The molecule has 0 aromatic rings. The highest BCUT2D eigenvalue weighted by molar-refractivity contribution is 5.96. The number of ether oxygens (including phenoxy) is 2. The van der Waals surface area contributed by atoms with Crippen LogP contribution in [-0.2, 0) is 28.7 Å². The highest BCUT2D eigenvalue weighted by atomic mass is 16.6. The van der Waals surface area contributed by atoms with E-state index in [0.717, 1.165) is 0 Å². The maximum Gasteiger partial charge on any atom is 0.408 e. The summed E-state index contributed by atoms with van der Waals surface area (Å²) in [4.78, 5) is 68.3. The number of carbonyl (C=O) groups excluding carboxylic acids is 5. The number of nitrogens with one attached hydrogen (secondary N) is 3. The third kappa shape index (κ3) is 15.7. The van der Waals surface area contributed by atoms with Gasteiger partial charge in [-0.3, -0.25) is 14.4 Å². The van der Waals surface area contributed by atoms with Gasteiger partial charge in [0, 0.05) is 10.8 Å². The Hall–Kier alpha value is -3.22. The van der Waals surface area contributed by atoms with Crippen LogP contribution in [0.5, 0.6) is 0 Å². The zero-order valence-electron chi connectivity index (χ0n) is 28.0. The van der Waals surface area contributed by atoms with Gasteiger partial charge in [0.05, 0.1) is 13.1 Å². The maximum absolute atomic E-state index is 12.1. The molecule has 13 heteroatoms. The Morgan fingerprint density at radius 2 is 1.00 bits per heavy atom. The number of rotatable bonds is 7. The number of Topliss-reactive ketones (excluding diaryl/α,β-unsaturated/α-hetero) is 2. The molecular formula is C30H54N4O9. The lowest BCUT2D eigenvalue weighted by Gasteiger charge is -2.23. The summed E-state index contributed by atoms with van der Waals surface area (Å²) in [6.07, 6.45) is 0.780. The molecule has 248 valence electrons. The quantitative estimate of drug-likeness (QED) is 0.282. The van der Waals surface area contributed by atoms with Crippen LogP contribution in [0.25, 0.3) is 0 Å². The van der Waals surface area contributed by atoms with Crippen molar-refractivity contribution in [3.8, 4) is 0 Å². The summed E-state index contributed by atoms with van der Waals surface area (Å²) in [5, 5.41) is 16.3. The third-order valence-corrected chi connectivity index (χ3v) is 6.09. The summed E-state index contributed by atoms with van der Waals surface area (Å²) in [6.45, 7) is 21.6. The molecule has 43 heavy (non-hydrogen) atoms. The molecule has 0 bridgehead atoms. The van der Waals surface area contributed by atoms with Gasteiger partial charge in [0.2, 0.25) is 5.91 Å². The standard InChI is InChI=1S/C15H26N2O4.C9H15NO4.C6H13NO/c1-13(2,3)10(18)9-16-11(19)15(7-8-15)17-12(20)21-14(4,5)6;1-8(2,3)14-7(13)10-9(4-5-9)6(11)12;1-6(2,3)5(8)4-7/h7-9H2,1-6H3,(H,16,19)(H,17,20);4-5H2,1-3H3,(H,10,13)(H,11,12);4,7H2,1-3H3. The Bertz CT molecular complexity index is 1030. The van der Waals surface area contributed by atoms with Crippen molar-refractivity contribution in [1.29, 1.82) is 0 Å². The van der Waals surface area contributed by atoms with Crippen LogP contribution in [0.3, 0.4) is 0 Å². The van der Waals surface area contributed by atoms with Gasteiger partial charge in [0.15, 0.2) is 11.6 Å². The molecule has 2 aliphatic carbocycles. The molecule has 2 aliphatic rings. The summed E-state index contributed by atoms with van der Waals surface area (Å²) in [5.74, 6) is -1.27. The Morgan fingerprint density at radius 1 is 0.651 bits per heavy atom. The Kier molecular flexibility index (Phi) is 13.4. The van der Waals surface area contributed by atoms with Crippen molar-refractivity contribution in [2.75, 3.05) is 13.1 Å². The monoisotopic (exact) mass is 614 g/mol. The number of hydrogen-bond acceptors (Lipinski definition) is 9. The van der Waals surface area contributed by atoms with Crippen LogP contribution in [0.1, 0.15) is 109 Å². The molecule has 3 amide bonds. The first-order valence-electron chi connectivity index (χ1n) is 14.4. The second kappa shape index (κ2) is 14.5. The van der Waals surface area contributed by atoms with Gasteiger partial charge >= 0.3 is 18.2 Å². The number of nitrogens with two attached hydrogens (primary N) is 1. The summed E-state index contributed by atoms with van der Waals surface area (Å²) < 4.78 is 10.1. The molecule has 6 N–H and O–H groups in total. The van der Waals surface area contributed by atoms with Gasteiger partial charge < -0.3 is 36.3 Å². The van der Waals surface area contributed by atoms with E-state index >= 15 is 0 Å². The summed E-state index contributed by atoms with van der Waals surface area (Å²) in [7, 11) is 0. The van der Waals surface area contributed by atoms with Crippen LogP contribution in [0, 0.1) is 10.8 Å². The van der Waals surface area contributed by atoms with Gasteiger partial charge in [-0.25, -0.2) is 14.4 Å². The van der Waals surface area contributed by atoms with Crippen molar-refractivity contribution >= 4 is 35.6 Å². The number of ketones is 2. The van der Waals surface area contributed by atoms with Gasteiger partial charge in [-0.15, -0.1) is 0 Å². The molecular weight excluding hydrogens is 560 g/mol. The van der Waals surface area contributed by atoms with Crippen molar-refractivity contribution in [1.82, 2.24) is 16.0 Å². The van der Waals surface area contributed by atoms with Crippen LogP contribution in [0.15, 0.2) is 0 Å². The summed E-state index contributed by atoms with van der Waals surface area (Å²) in [6, 6.07) is 0. The number of amides is 3. The normalized spacial score (nSPS) is 16.4. The Balaban J connectivity index is 0.000000688. The third-order valence-electron chi connectivity index (χ3n) is 6.09. The van der Waals surface area contributed by atoms with Crippen LogP contribution < -0.4 is 21.7 Å². The molecule has 2 rings (SSSR count). The summed E-state index contributed by atoms with van der Waals surface area (Å²) in [5.41, 5.74) is 1.16. The van der Waals surface area contributed by atoms with Crippen LogP contribution in [0.4, 0.5) is 9.59 Å². The highest BCUT2D eigenvalue weighted by Gasteiger charge is 2.53. The molecule has 0 radical (unpaired) electrons.